The van der Waals surface area contributed by atoms with Crippen LogP contribution in [0.25, 0.3) is 0 Å². The van der Waals surface area contributed by atoms with E-state index in [0.717, 1.165) is 32.2 Å². The fourth-order valence-corrected chi connectivity index (χ4v) is 2.91. The second kappa shape index (κ2) is 5.93. The standard InChI is InChI=1S/C15H26N2O2/c1-4-11(5-2)9-17-10(3)8-13(18)16-14(15(17)19)12-6-7-12/h10-12,14H,4-9H2,1-3H3,(H,16,18). The number of carbonyl (C=O) groups excluding carboxylic acids is 2. The number of hydrogen-bond acceptors (Lipinski definition) is 2. The zero-order valence-corrected chi connectivity index (χ0v) is 12.3. The van der Waals surface area contributed by atoms with E-state index in [9.17, 15) is 9.59 Å². The van der Waals surface area contributed by atoms with Crippen molar-refractivity contribution in [2.75, 3.05) is 6.54 Å². The van der Waals surface area contributed by atoms with Crippen LogP contribution in [-0.2, 0) is 9.59 Å². The van der Waals surface area contributed by atoms with Gasteiger partial charge in [-0.15, -0.1) is 0 Å². The van der Waals surface area contributed by atoms with Crippen LogP contribution in [0.2, 0.25) is 0 Å². The Kier molecular flexibility index (Phi) is 4.48. The maximum Gasteiger partial charge on any atom is 0.245 e. The molecule has 19 heavy (non-hydrogen) atoms. The van der Waals surface area contributed by atoms with Crippen LogP contribution in [-0.4, -0.2) is 35.3 Å². The van der Waals surface area contributed by atoms with E-state index in [1.807, 2.05) is 11.8 Å². The Labute approximate surface area is 115 Å². The lowest BCUT2D eigenvalue weighted by atomic mass is 10.0. The minimum atomic E-state index is -0.258. The fourth-order valence-electron chi connectivity index (χ4n) is 2.91. The lowest BCUT2D eigenvalue weighted by Gasteiger charge is -2.31. The van der Waals surface area contributed by atoms with Gasteiger partial charge in [-0.05, 0) is 31.6 Å². The number of rotatable bonds is 5. The molecule has 2 aliphatic rings. The number of hydrogen-bond donors (Lipinski definition) is 1. The van der Waals surface area contributed by atoms with Crippen LogP contribution in [0, 0.1) is 11.8 Å². The summed E-state index contributed by atoms with van der Waals surface area (Å²) < 4.78 is 0. The van der Waals surface area contributed by atoms with Gasteiger partial charge in [0.05, 0.1) is 0 Å². The molecule has 4 nitrogen and oxygen atoms in total. The predicted molar refractivity (Wildman–Crippen MR) is 74.5 cm³/mol. The highest BCUT2D eigenvalue weighted by molar-refractivity contribution is 5.91. The molecule has 0 spiro atoms. The molecule has 1 aliphatic carbocycles. The molecule has 1 N–H and O–H groups in total. The molecule has 1 saturated carbocycles. The van der Waals surface area contributed by atoms with Crippen molar-refractivity contribution in [3.8, 4) is 0 Å². The van der Waals surface area contributed by atoms with Crippen LogP contribution in [0.15, 0.2) is 0 Å². The van der Waals surface area contributed by atoms with Crippen molar-refractivity contribution in [2.24, 2.45) is 11.8 Å². The van der Waals surface area contributed by atoms with E-state index in [4.69, 9.17) is 0 Å². The summed E-state index contributed by atoms with van der Waals surface area (Å²) in [6, 6.07) is -0.233. The normalized spacial score (nSPS) is 28.5. The van der Waals surface area contributed by atoms with Gasteiger partial charge in [-0.2, -0.15) is 0 Å². The molecule has 0 bridgehead atoms. The molecule has 1 aliphatic heterocycles. The first-order chi connectivity index (χ1) is 9.06. The largest absolute Gasteiger partial charge is 0.344 e. The molecule has 0 aromatic carbocycles. The molecule has 4 heteroatoms. The van der Waals surface area contributed by atoms with Crippen molar-refractivity contribution in [3.05, 3.63) is 0 Å². The average Bonchev–Trinajstić information content (AvgIpc) is 3.20. The van der Waals surface area contributed by atoms with Crippen molar-refractivity contribution < 1.29 is 9.59 Å². The van der Waals surface area contributed by atoms with Gasteiger partial charge in [-0.25, -0.2) is 0 Å². The minimum Gasteiger partial charge on any atom is -0.344 e. The van der Waals surface area contributed by atoms with E-state index < -0.39 is 0 Å². The van der Waals surface area contributed by atoms with Crippen molar-refractivity contribution in [2.45, 2.75) is 65.0 Å². The maximum atomic E-state index is 12.7. The summed E-state index contributed by atoms with van der Waals surface area (Å²) in [5.41, 5.74) is 0. The van der Waals surface area contributed by atoms with E-state index in [0.29, 0.717) is 18.3 Å². The lowest BCUT2D eigenvalue weighted by molar-refractivity contribution is -0.136. The fraction of sp³-hybridized carbons (Fsp3) is 0.867. The van der Waals surface area contributed by atoms with Gasteiger partial charge >= 0.3 is 0 Å². The van der Waals surface area contributed by atoms with Crippen LogP contribution >= 0.6 is 0 Å². The SMILES string of the molecule is CCC(CC)CN1C(=O)C(C2CC2)NC(=O)CC1C. The summed E-state index contributed by atoms with van der Waals surface area (Å²) in [6.07, 6.45) is 4.76. The molecular formula is C15H26N2O2. The average molecular weight is 266 g/mol. The summed E-state index contributed by atoms with van der Waals surface area (Å²) in [7, 11) is 0. The number of carbonyl (C=O) groups is 2. The molecule has 2 amide bonds. The van der Waals surface area contributed by atoms with Crippen LogP contribution in [0.5, 0.6) is 0 Å². The van der Waals surface area contributed by atoms with E-state index in [2.05, 4.69) is 19.2 Å². The van der Waals surface area contributed by atoms with Crippen LogP contribution < -0.4 is 5.32 Å². The molecule has 2 rings (SSSR count). The van der Waals surface area contributed by atoms with E-state index in [1.54, 1.807) is 0 Å². The summed E-state index contributed by atoms with van der Waals surface area (Å²) >= 11 is 0. The molecule has 2 fully saturated rings. The molecule has 108 valence electrons. The Bertz CT molecular complexity index is 348. The zero-order chi connectivity index (χ0) is 14.0. The summed E-state index contributed by atoms with van der Waals surface area (Å²) in [6.45, 7) is 7.13. The Morgan fingerprint density at radius 2 is 1.89 bits per heavy atom. The first kappa shape index (κ1) is 14.4. The van der Waals surface area contributed by atoms with Crippen molar-refractivity contribution in [1.82, 2.24) is 10.2 Å². The second-order valence-corrected chi connectivity index (χ2v) is 6.11. The second-order valence-electron chi connectivity index (χ2n) is 6.11. The third-order valence-electron chi connectivity index (χ3n) is 4.58. The quantitative estimate of drug-likeness (QED) is 0.826. The van der Waals surface area contributed by atoms with Crippen LogP contribution in [0.1, 0.15) is 52.9 Å². The monoisotopic (exact) mass is 266 g/mol. The Hall–Kier alpha value is -1.06. The van der Waals surface area contributed by atoms with E-state index in [1.165, 1.54) is 0 Å². The van der Waals surface area contributed by atoms with Gasteiger partial charge in [0.2, 0.25) is 11.8 Å². The minimum absolute atomic E-state index is 0.0249. The van der Waals surface area contributed by atoms with Gasteiger partial charge in [0.1, 0.15) is 6.04 Å². The third kappa shape index (κ3) is 3.28. The number of amides is 2. The predicted octanol–water partition coefficient (Wildman–Crippen LogP) is 1.94. The smallest absolute Gasteiger partial charge is 0.245 e. The highest BCUT2D eigenvalue weighted by Gasteiger charge is 2.42. The number of nitrogens with zero attached hydrogens (tertiary/aromatic N) is 1. The van der Waals surface area contributed by atoms with Gasteiger partial charge in [0.25, 0.3) is 0 Å². The van der Waals surface area contributed by atoms with Gasteiger partial charge in [-0.3, -0.25) is 9.59 Å². The highest BCUT2D eigenvalue weighted by Crippen LogP contribution is 2.35. The first-order valence-corrected chi connectivity index (χ1v) is 7.66. The topological polar surface area (TPSA) is 49.4 Å². The molecule has 0 aromatic heterocycles. The van der Waals surface area contributed by atoms with Gasteiger partial charge in [0, 0.05) is 19.0 Å². The Morgan fingerprint density at radius 1 is 1.26 bits per heavy atom. The summed E-state index contributed by atoms with van der Waals surface area (Å²) in [5, 5.41) is 2.93. The molecule has 2 unspecified atom stereocenters. The highest BCUT2D eigenvalue weighted by atomic mass is 16.2. The van der Waals surface area contributed by atoms with Gasteiger partial charge in [-0.1, -0.05) is 26.7 Å². The molecule has 1 heterocycles. The van der Waals surface area contributed by atoms with E-state index in [-0.39, 0.29) is 23.9 Å². The van der Waals surface area contributed by atoms with Crippen LogP contribution in [0.4, 0.5) is 0 Å². The van der Waals surface area contributed by atoms with Gasteiger partial charge < -0.3 is 10.2 Å². The van der Waals surface area contributed by atoms with Gasteiger partial charge in [0.15, 0.2) is 0 Å². The van der Waals surface area contributed by atoms with E-state index >= 15 is 0 Å². The van der Waals surface area contributed by atoms with Crippen LogP contribution in [0.3, 0.4) is 0 Å². The van der Waals surface area contributed by atoms with Crippen molar-refractivity contribution >= 4 is 11.8 Å². The molecule has 0 aromatic rings. The summed E-state index contributed by atoms with van der Waals surface area (Å²) in [4.78, 5) is 26.5. The molecule has 0 radical (unpaired) electrons. The lowest BCUT2D eigenvalue weighted by Crippen LogP contribution is -2.49. The van der Waals surface area contributed by atoms with Crippen molar-refractivity contribution in [3.63, 3.8) is 0 Å². The van der Waals surface area contributed by atoms with Crippen molar-refractivity contribution in [1.29, 1.82) is 0 Å². The molecular weight excluding hydrogens is 240 g/mol. The Balaban J connectivity index is 2.12. The summed E-state index contributed by atoms with van der Waals surface area (Å²) in [5.74, 6) is 1.10. The number of nitrogens with one attached hydrogen (secondary N) is 1. The molecule has 1 saturated heterocycles. The Morgan fingerprint density at radius 3 is 2.42 bits per heavy atom. The maximum absolute atomic E-state index is 12.7. The zero-order valence-electron chi connectivity index (χ0n) is 12.3. The third-order valence-corrected chi connectivity index (χ3v) is 4.58. The first-order valence-electron chi connectivity index (χ1n) is 7.66. The molecule has 2 atom stereocenters.